The molecule has 6 heteroatoms. The van der Waals surface area contributed by atoms with Crippen molar-refractivity contribution in [1.29, 1.82) is 0 Å². The van der Waals surface area contributed by atoms with Crippen LogP contribution in [0.2, 0.25) is 0 Å². The normalized spacial score (nSPS) is 10.3. The standard InChI is InChI=1S/C12H11FN4O/c13-8-3-1-7(2-4-8)5-10-16-6-9(12(15)18)11(14)17-10/h1-4,6H,5H2,(H2,15,18)(H2,14,16,17). The third-order valence-electron chi connectivity index (χ3n) is 2.41. The highest BCUT2D eigenvalue weighted by molar-refractivity contribution is 5.96. The maximum Gasteiger partial charge on any atom is 0.254 e. The molecule has 0 atom stereocenters. The number of nitrogens with zero attached hydrogens (tertiary/aromatic N) is 2. The quantitative estimate of drug-likeness (QED) is 0.840. The average Bonchev–Trinajstić information content (AvgIpc) is 2.32. The van der Waals surface area contributed by atoms with Gasteiger partial charge in [-0.1, -0.05) is 12.1 Å². The number of carbonyl (C=O) groups excluding carboxylic acids is 1. The number of anilines is 1. The first kappa shape index (κ1) is 12.0. The number of primary amides is 1. The zero-order valence-electron chi connectivity index (χ0n) is 9.43. The van der Waals surface area contributed by atoms with Gasteiger partial charge in [0.25, 0.3) is 5.91 Å². The van der Waals surface area contributed by atoms with Crippen molar-refractivity contribution in [3.63, 3.8) is 0 Å². The Morgan fingerprint density at radius 1 is 1.28 bits per heavy atom. The van der Waals surface area contributed by atoms with Gasteiger partial charge in [0.05, 0.1) is 5.56 Å². The zero-order chi connectivity index (χ0) is 13.1. The van der Waals surface area contributed by atoms with Crippen molar-refractivity contribution in [2.24, 2.45) is 5.73 Å². The van der Waals surface area contributed by atoms with Gasteiger partial charge in [0, 0.05) is 12.6 Å². The number of amides is 1. The number of nitrogen functional groups attached to an aromatic ring is 1. The van der Waals surface area contributed by atoms with Crippen molar-refractivity contribution >= 4 is 11.7 Å². The lowest BCUT2D eigenvalue weighted by atomic mass is 10.1. The van der Waals surface area contributed by atoms with Crippen LogP contribution in [0, 0.1) is 5.82 Å². The van der Waals surface area contributed by atoms with E-state index in [4.69, 9.17) is 11.5 Å². The summed E-state index contributed by atoms with van der Waals surface area (Å²) < 4.78 is 12.7. The maximum atomic E-state index is 12.7. The predicted octanol–water partition coefficient (Wildman–Crippen LogP) is 0.888. The molecule has 1 amide bonds. The van der Waals surface area contributed by atoms with Gasteiger partial charge in [0.2, 0.25) is 0 Å². The van der Waals surface area contributed by atoms with Crippen LogP contribution in [-0.2, 0) is 6.42 Å². The second-order valence-electron chi connectivity index (χ2n) is 3.75. The summed E-state index contributed by atoms with van der Waals surface area (Å²) in [6, 6.07) is 5.99. The first-order chi connectivity index (χ1) is 8.56. The Labute approximate surface area is 103 Å². The SMILES string of the molecule is NC(=O)c1cnc(Cc2ccc(F)cc2)nc1N. The Kier molecular flexibility index (Phi) is 3.18. The van der Waals surface area contributed by atoms with Crippen molar-refractivity contribution in [2.75, 3.05) is 5.73 Å². The molecule has 4 N–H and O–H groups in total. The highest BCUT2D eigenvalue weighted by atomic mass is 19.1. The Morgan fingerprint density at radius 3 is 2.50 bits per heavy atom. The van der Waals surface area contributed by atoms with Gasteiger partial charge in [-0.2, -0.15) is 0 Å². The fourth-order valence-electron chi connectivity index (χ4n) is 1.49. The molecule has 1 aromatic heterocycles. The van der Waals surface area contributed by atoms with Crippen LogP contribution in [0.4, 0.5) is 10.2 Å². The van der Waals surface area contributed by atoms with Crippen LogP contribution in [0.1, 0.15) is 21.7 Å². The second-order valence-corrected chi connectivity index (χ2v) is 3.75. The van der Waals surface area contributed by atoms with Crippen LogP contribution in [0.3, 0.4) is 0 Å². The summed E-state index contributed by atoms with van der Waals surface area (Å²) in [6.45, 7) is 0. The first-order valence-electron chi connectivity index (χ1n) is 5.22. The number of nitrogens with two attached hydrogens (primary N) is 2. The van der Waals surface area contributed by atoms with Gasteiger partial charge < -0.3 is 11.5 Å². The average molecular weight is 246 g/mol. The molecule has 5 nitrogen and oxygen atoms in total. The highest BCUT2D eigenvalue weighted by Crippen LogP contribution is 2.11. The van der Waals surface area contributed by atoms with Crippen molar-refractivity contribution in [1.82, 2.24) is 9.97 Å². The molecule has 0 saturated heterocycles. The van der Waals surface area contributed by atoms with Crippen LogP contribution in [0.5, 0.6) is 0 Å². The molecule has 2 rings (SSSR count). The minimum Gasteiger partial charge on any atom is -0.383 e. The molecule has 1 aromatic carbocycles. The summed E-state index contributed by atoms with van der Waals surface area (Å²) in [5, 5.41) is 0. The Bertz CT molecular complexity index is 583. The molecule has 1 heterocycles. The van der Waals surface area contributed by atoms with Gasteiger partial charge in [0.1, 0.15) is 17.5 Å². The summed E-state index contributed by atoms with van der Waals surface area (Å²) in [5.74, 6) is -0.470. The fraction of sp³-hybridized carbons (Fsp3) is 0.0833. The lowest BCUT2D eigenvalue weighted by Crippen LogP contribution is -2.16. The van der Waals surface area contributed by atoms with E-state index < -0.39 is 5.91 Å². The number of carbonyl (C=O) groups is 1. The number of benzene rings is 1. The summed E-state index contributed by atoms with van der Waals surface area (Å²) >= 11 is 0. The Balaban J connectivity index is 2.22. The molecular weight excluding hydrogens is 235 g/mol. The largest absolute Gasteiger partial charge is 0.383 e. The molecule has 18 heavy (non-hydrogen) atoms. The molecule has 92 valence electrons. The molecule has 0 spiro atoms. The summed E-state index contributed by atoms with van der Waals surface area (Å²) in [7, 11) is 0. The summed E-state index contributed by atoms with van der Waals surface area (Å²) in [4.78, 5) is 18.9. The van der Waals surface area contributed by atoms with Crippen LogP contribution < -0.4 is 11.5 Å². The van der Waals surface area contributed by atoms with Crippen molar-refractivity contribution in [3.8, 4) is 0 Å². The Hall–Kier alpha value is -2.50. The Morgan fingerprint density at radius 2 is 1.94 bits per heavy atom. The van der Waals surface area contributed by atoms with Gasteiger partial charge in [-0.05, 0) is 17.7 Å². The van der Waals surface area contributed by atoms with E-state index in [-0.39, 0.29) is 17.2 Å². The van der Waals surface area contributed by atoms with Gasteiger partial charge in [-0.15, -0.1) is 0 Å². The number of halogens is 1. The number of hydrogen-bond donors (Lipinski definition) is 2. The van der Waals surface area contributed by atoms with Crippen molar-refractivity contribution in [3.05, 3.63) is 53.2 Å². The highest BCUT2D eigenvalue weighted by Gasteiger charge is 2.09. The van der Waals surface area contributed by atoms with E-state index in [0.717, 1.165) is 5.56 Å². The van der Waals surface area contributed by atoms with Crippen LogP contribution in [-0.4, -0.2) is 15.9 Å². The molecule has 0 bridgehead atoms. The van der Waals surface area contributed by atoms with E-state index >= 15 is 0 Å². The maximum absolute atomic E-state index is 12.7. The monoisotopic (exact) mass is 246 g/mol. The van der Waals surface area contributed by atoms with E-state index in [1.807, 2.05) is 0 Å². The van der Waals surface area contributed by atoms with Gasteiger partial charge >= 0.3 is 0 Å². The number of aromatic nitrogens is 2. The minimum atomic E-state index is -0.666. The van der Waals surface area contributed by atoms with Crippen molar-refractivity contribution < 1.29 is 9.18 Å². The number of rotatable bonds is 3. The predicted molar refractivity (Wildman–Crippen MR) is 64.2 cm³/mol. The summed E-state index contributed by atoms with van der Waals surface area (Å²) in [6.07, 6.45) is 1.70. The molecule has 0 fully saturated rings. The van der Waals surface area contributed by atoms with Crippen LogP contribution >= 0.6 is 0 Å². The van der Waals surface area contributed by atoms with E-state index in [1.165, 1.54) is 18.3 Å². The molecule has 0 unspecified atom stereocenters. The van der Waals surface area contributed by atoms with E-state index in [1.54, 1.807) is 12.1 Å². The molecule has 0 saturated carbocycles. The third-order valence-corrected chi connectivity index (χ3v) is 2.41. The molecule has 2 aromatic rings. The molecule has 0 aliphatic heterocycles. The lowest BCUT2D eigenvalue weighted by molar-refractivity contribution is 0.100. The van der Waals surface area contributed by atoms with Crippen LogP contribution in [0.25, 0.3) is 0 Å². The first-order valence-corrected chi connectivity index (χ1v) is 5.22. The topological polar surface area (TPSA) is 94.9 Å². The van der Waals surface area contributed by atoms with E-state index in [9.17, 15) is 9.18 Å². The minimum absolute atomic E-state index is 0.0506. The van der Waals surface area contributed by atoms with E-state index in [2.05, 4.69) is 9.97 Å². The number of hydrogen-bond acceptors (Lipinski definition) is 4. The zero-order valence-corrected chi connectivity index (χ0v) is 9.43. The van der Waals surface area contributed by atoms with E-state index in [0.29, 0.717) is 12.2 Å². The molecular formula is C12H11FN4O. The van der Waals surface area contributed by atoms with Crippen molar-refractivity contribution in [2.45, 2.75) is 6.42 Å². The fourth-order valence-corrected chi connectivity index (χ4v) is 1.49. The van der Waals surface area contributed by atoms with Gasteiger partial charge in [-0.3, -0.25) is 4.79 Å². The second kappa shape index (κ2) is 4.79. The van der Waals surface area contributed by atoms with Crippen LogP contribution in [0.15, 0.2) is 30.5 Å². The molecule has 0 aliphatic carbocycles. The smallest absolute Gasteiger partial charge is 0.254 e. The third kappa shape index (κ3) is 2.60. The molecule has 0 aliphatic rings. The summed E-state index contributed by atoms with van der Waals surface area (Å²) in [5.41, 5.74) is 11.6. The van der Waals surface area contributed by atoms with Gasteiger partial charge in [0.15, 0.2) is 0 Å². The van der Waals surface area contributed by atoms with Gasteiger partial charge in [-0.25, -0.2) is 14.4 Å². The lowest BCUT2D eigenvalue weighted by Gasteiger charge is -2.04. The molecule has 0 radical (unpaired) electrons.